The first-order valence-electron chi connectivity index (χ1n) is 10.5. The Morgan fingerprint density at radius 3 is 2.48 bits per heavy atom. The molecule has 3 aromatic rings. The predicted molar refractivity (Wildman–Crippen MR) is 116 cm³/mol. The maximum absolute atomic E-state index is 12.9. The van der Waals surface area contributed by atoms with Gasteiger partial charge in [-0.15, -0.1) is 5.10 Å². The molecular formula is C22H26N6O3. The molecule has 1 aliphatic heterocycles. The second-order valence-corrected chi connectivity index (χ2v) is 8.33. The number of aromatic nitrogens is 4. The summed E-state index contributed by atoms with van der Waals surface area (Å²) in [6, 6.07) is 7.88. The zero-order valence-corrected chi connectivity index (χ0v) is 17.9. The maximum Gasteiger partial charge on any atom is 0.276 e. The van der Waals surface area contributed by atoms with Gasteiger partial charge in [0.25, 0.3) is 11.5 Å². The van der Waals surface area contributed by atoms with E-state index in [0.29, 0.717) is 37.5 Å². The van der Waals surface area contributed by atoms with Crippen molar-refractivity contribution in [2.75, 3.05) is 18.4 Å². The molecule has 0 bridgehead atoms. The molecule has 9 nitrogen and oxygen atoms in total. The van der Waals surface area contributed by atoms with E-state index in [1.807, 2.05) is 24.3 Å². The molecule has 0 aliphatic carbocycles. The molecule has 9 heteroatoms. The highest BCUT2D eigenvalue weighted by Crippen LogP contribution is 2.22. The van der Waals surface area contributed by atoms with Crippen molar-refractivity contribution in [3.63, 3.8) is 0 Å². The van der Waals surface area contributed by atoms with E-state index in [4.69, 9.17) is 0 Å². The third-order valence-electron chi connectivity index (χ3n) is 5.74. The zero-order valence-electron chi connectivity index (χ0n) is 17.9. The lowest BCUT2D eigenvalue weighted by molar-refractivity contribution is -0.121. The van der Waals surface area contributed by atoms with E-state index < -0.39 is 5.56 Å². The van der Waals surface area contributed by atoms with Crippen molar-refractivity contribution in [2.45, 2.75) is 39.5 Å². The van der Waals surface area contributed by atoms with Crippen LogP contribution in [0, 0.1) is 12.8 Å². The Hall–Kier alpha value is -3.49. The number of carbonyl (C=O) groups is 2. The predicted octanol–water partition coefficient (Wildman–Crippen LogP) is 2.34. The summed E-state index contributed by atoms with van der Waals surface area (Å²) in [6.45, 7) is 6.83. The number of aromatic amines is 1. The molecule has 162 valence electrons. The Morgan fingerprint density at radius 2 is 1.84 bits per heavy atom. The number of aryl methyl sites for hydroxylation is 1. The largest absolute Gasteiger partial charge is 0.337 e. The Labute approximate surface area is 179 Å². The second-order valence-electron chi connectivity index (χ2n) is 8.33. The first-order chi connectivity index (χ1) is 14.8. The number of carbonyl (C=O) groups excluding carboxylic acids is 2. The van der Waals surface area contributed by atoms with Gasteiger partial charge in [-0.25, -0.2) is 4.52 Å². The molecule has 2 amide bonds. The molecule has 1 fully saturated rings. The highest BCUT2D eigenvalue weighted by Gasteiger charge is 2.30. The molecule has 0 saturated carbocycles. The fourth-order valence-corrected chi connectivity index (χ4v) is 3.88. The number of nitrogens with zero attached hydrogens (tertiary/aromatic N) is 4. The SMILES string of the molecule is Cc1cn2nnc(C(=O)N3CCC(C(=O)Nc4ccc(C(C)C)cc4)CC3)c2c(=O)[nH]1. The standard InChI is InChI=1S/C22H26N6O3/c1-13(2)15-4-6-17(7-5-15)24-20(29)16-8-10-27(11-9-16)22(31)18-19-21(30)23-14(3)12-28(19)26-25-18/h4-7,12-13,16H,8-11H2,1-3H3,(H,23,30)(H,24,29). The summed E-state index contributed by atoms with van der Waals surface area (Å²) in [6.07, 6.45) is 2.72. The van der Waals surface area contributed by atoms with Crippen molar-refractivity contribution in [1.82, 2.24) is 24.7 Å². The normalized spacial score (nSPS) is 14.9. The molecule has 2 aromatic heterocycles. The van der Waals surface area contributed by atoms with Crippen LogP contribution in [0.25, 0.3) is 5.52 Å². The van der Waals surface area contributed by atoms with E-state index in [1.165, 1.54) is 10.1 Å². The van der Waals surface area contributed by atoms with Crippen molar-refractivity contribution in [3.8, 4) is 0 Å². The molecule has 0 unspecified atom stereocenters. The molecule has 0 atom stereocenters. The van der Waals surface area contributed by atoms with Gasteiger partial charge in [0.1, 0.15) is 0 Å². The lowest BCUT2D eigenvalue weighted by Crippen LogP contribution is -2.41. The minimum Gasteiger partial charge on any atom is -0.337 e. The van der Waals surface area contributed by atoms with E-state index in [-0.39, 0.29) is 28.9 Å². The number of nitrogens with one attached hydrogen (secondary N) is 2. The highest BCUT2D eigenvalue weighted by atomic mass is 16.2. The van der Waals surface area contributed by atoms with E-state index >= 15 is 0 Å². The Balaban J connectivity index is 1.39. The maximum atomic E-state index is 12.9. The molecule has 1 aromatic carbocycles. The van der Waals surface area contributed by atoms with Gasteiger partial charge in [-0.2, -0.15) is 0 Å². The molecule has 0 radical (unpaired) electrons. The van der Waals surface area contributed by atoms with Crippen LogP contribution in [-0.2, 0) is 4.79 Å². The van der Waals surface area contributed by atoms with Crippen LogP contribution in [0.15, 0.2) is 35.3 Å². The number of hydrogen-bond donors (Lipinski definition) is 2. The number of likely N-dealkylation sites (tertiary alicyclic amines) is 1. The van der Waals surface area contributed by atoms with Gasteiger partial charge in [-0.3, -0.25) is 14.4 Å². The molecule has 1 saturated heterocycles. The van der Waals surface area contributed by atoms with Gasteiger partial charge in [0.15, 0.2) is 11.2 Å². The van der Waals surface area contributed by atoms with E-state index in [0.717, 1.165) is 5.69 Å². The fraction of sp³-hybridized carbons (Fsp3) is 0.409. The minimum atomic E-state index is -0.397. The fourth-order valence-electron chi connectivity index (χ4n) is 3.88. The third-order valence-corrected chi connectivity index (χ3v) is 5.74. The Morgan fingerprint density at radius 1 is 1.16 bits per heavy atom. The molecule has 3 heterocycles. The number of benzene rings is 1. The number of H-pyrrole nitrogens is 1. The first kappa shape index (κ1) is 20.8. The Kier molecular flexibility index (Phi) is 5.58. The summed E-state index contributed by atoms with van der Waals surface area (Å²) >= 11 is 0. The van der Waals surface area contributed by atoms with Gasteiger partial charge in [-0.1, -0.05) is 31.2 Å². The van der Waals surface area contributed by atoms with Crippen LogP contribution in [0.3, 0.4) is 0 Å². The van der Waals surface area contributed by atoms with Crippen molar-refractivity contribution in [3.05, 3.63) is 57.8 Å². The van der Waals surface area contributed by atoms with Gasteiger partial charge in [-0.05, 0) is 43.4 Å². The van der Waals surface area contributed by atoms with E-state index in [1.54, 1.807) is 18.0 Å². The number of piperidine rings is 1. The lowest BCUT2D eigenvalue weighted by atomic mass is 9.95. The quantitative estimate of drug-likeness (QED) is 0.670. The molecule has 4 rings (SSSR count). The van der Waals surface area contributed by atoms with Crippen LogP contribution in [0.5, 0.6) is 0 Å². The monoisotopic (exact) mass is 422 g/mol. The van der Waals surface area contributed by atoms with Crippen LogP contribution in [-0.4, -0.2) is 49.6 Å². The smallest absolute Gasteiger partial charge is 0.276 e. The number of amides is 2. The summed E-state index contributed by atoms with van der Waals surface area (Å²) in [4.78, 5) is 42.1. The zero-order chi connectivity index (χ0) is 22.1. The molecule has 2 N–H and O–H groups in total. The number of hydrogen-bond acceptors (Lipinski definition) is 5. The van der Waals surface area contributed by atoms with Crippen molar-refractivity contribution in [2.24, 2.45) is 5.92 Å². The molecular weight excluding hydrogens is 396 g/mol. The van der Waals surface area contributed by atoms with Crippen LogP contribution in [0.2, 0.25) is 0 Å². The van der Waals surface area contributed by atoms with Crippen molar-refractivity contribution >= 4 is 23.0 Å². The van der Waals surface area contributed by atoms with Crippen LogP contribution in [0.4, 0.5) is 5.69 Å². The summed E-state index contributed by atoms with van der Waals surface area (Å²) in [5.41, 5.74) is 2.41. The highest BCUT2D eigenvalue weighted by molar-refractivity contribution is 5.99. The van der Waals surface area contributed by atoms with Gasteiger partial charge in [0.2, 0.25) is 5.91 Å². The average Bonchev–Trinajstić information content (AvgIpc) is 3.18. The number of anilines is 1. The third kappa shape index (κ3) is 4.21. The van der Waals surface area contributed by atoms with Crippen molar-refractivity contribution in [1.29, 1.82) is 0 Å². The van der Waals surface area contributed by atoms with Gasteiger partial charge >= 0.3 is 0 Å². The summed E-state index contributed by atoms with van der Waals surface area (Å²) in [5, 5.41) is 10.8. The van der Waals surface area contributed by atoms with Gasteiger partial charge in [0.05, 0.1) is 6.20 Å². The van der Waals surface area contributed by atoms with Crippen molar-refractivity contribution < 1.29 is 9.59 Å². The summed E-state index contributed by atoms with van der Waals surface area (Å²) in [7, 11) is 0. The van der Waals surface area contributed by atoms with E-state index in [2.05, 4.69) is 34.5 Å². The molecule has 31 heavy (non-hydrogen) atoms. The number of fused-ring (bicyclic) bond motifs is 1. The lowest BCUT2D eigenvalue weighted by Gasteiger charge is -2.30. The van der Waals surface area contributed by atoms with Gasteiger partial charge in [0, 0.05) is 30.4 Å². The Bertz CT molecular complexity index is 1170. The molecule has 1 aliphatic rings. The second kappa shape index (κ2) is 8.33. The first-order valence-corrected chi connectivity index (χ1v) is 10.5. The van der Waals surface area contributed by atoms with Crippen LogP contribution >= 0.6 is 0 Å². The van der Waals surface area contributed by atoms with Crippen LogP contribution < -0.4 is 10.9 Å². The number of rotatable bonds is 4. The van der Waals surface area contributed by atoms with Crippen LogP contribution in [0.1, 0.15) is 54.4 Å². The topological polar surface area (TPSA) is 112 Å². The average molecular weight is 422 g/mol. The summed E-state index contributed by atoms with van der Waals surface area (Å²) < 4.78 is 1.33. The minimum absolute atomic E-state index is 0.0365. The van der Waals surface area contributed by atoms with Gasteiger partial charge < -0.3 is 15.2 Å². The summed E-state index contributed by atoms with van der Waals surface area (Å²) in [5.74, 6) is -0.108. The van der Waals surface area contributed by atoms with E-state index in [9.17, 15) is 14.4 Å². The molecule has 0 spiro atoms.